The van der Waals surface area contributed by atoms with Crippen molar-refractivity contribution in [3.8, 4) is 5.75 Å². The van der Waals surface area contributed by atoms with Gasteiger partial charge in [-0.3, -0.25) is 9.89 Å². The van der Waals surface area contributed by atoms with Gasteiger partial charge in [0.05, 0.1) is 30.4 Å². The third-order valence-corrected chi connectivity index (χ3v) is 5.91. The Morgan fingerprint density at radius 3 is 2.57 bits per heavy atom. The Bertz CT molecular complexity index is 770. The smallest absolute Gasteiger partial charge is 0.191 e. The van der Waals surface area contributed by atoms with Crippen LogP contribution in [0.25, 0.3) is 0 Å². The number of hydrogen-bond acceptors (Lipinski definition) is 5. The normalized spacial score (nSPS) is 12.9. The number of likely N-dealkylation sites (N-methyl/N-ethyl adjacent to an activating group) is 1. The number of ether oxygens (including phenoxy) is 1. The highest BCUT2D eigenvalue weighted by Crippen LogP contribution is 2.24. The summed E-state index contributed by atoms with van der Waals surface area (Å²) >= 11 is 1.73. The van der Waals surface area contributed by atoms with E-state index in [2.05, 4.69) is 58.4 Å². The van der Waals surface area contributed by atoms with Gasteiger partial charge in [0.2, 0.25) is 0 Å². The molecule has 1 heterocycles. The monoisotopic (exact) mass is 403 g/mol. The van der Waals surface area contributed by atoms with Crippen LogP contribution in [0.3, 0.4) is 0 Å². The van der Waals surface area contributed by atoms with E-state index in [1.807, 2.05) is 19.1 Å². The molecule has 0 aliphatic rings. The summed E-state index contributed by atoms with van der Waals surface area (Å²) in [7, 11) is 3.51. The minimum atomic E-state index is 0.232. The molecule has 0 aliphatic carbocycles. The first-order valence-corrected chi connectivity index (χ1v) is 10.6. The molecule has 2 N–H and O–H groups in total. The van der Waals surface area contributed by atoms with Gasteiger partial charge in [-0.1, -0.05) is 26.0 Å². The summed E-state index contributed by atoms with van der Waals surface area (Å²) < 4.78 is 5.42. The number of nitrogens with one attached hydrogen (secondary N) is 2. The summed E-state index contributed by atoms with van der Waals surface area (Å²) in [5.41, 5.74) is 2.32. The lowest BCUT2D eigenvalue weighted by Gasteiger charge is -2.31. The van der Waals surface area contributed by atoms with Gasteiger partial charge in [-0.05, 0) is 44.6 Å². The Labute approximate surface area is 173 Å². The molecule has 0 saturated carbocycles. The highest BCUT2D eigenvalue weighted by molar-refractivity contribution is 7.11. The van der Waals surface area contributed by atoms with Crippen LogP contribution >= 0.6 is 11.3 Å². The van der Waals surface area contributed by atoms with Crippen molar-refractivity contribution < 1.29 is 4.74 Å². The number of rotatable bonds is 9. The fourth-order valence-corrected chi connectivity index (χ4v) is 4.16. The Kier molecular flexibility index (Phi) is 8.73. The lowest BCUT2D eigenvalue weighted by Crippen LogP contribution is -2.43. The molecule has 1 unspecified atom stereocenters. The molecule has 0 amide bonds. The van der Waals surface area contributed by atoms with Crippen LogP contribution in [-0.4, -0.2) is 49.6 Å². The highest BCUT2D eigenvalue weighted by Gasteiger charge is 2.19. The molecule has 1 aromatic heterocycles. The molecule has 0 spiro atoms. The fraction of sp³-hybridized carbons (Fsp3) is 0.524. The predicted molar refractivity (Wildman–Crippen MR) is 118 cm³/mol. The second-order valence-electron chi connectivity index (χ2n) is 6.56. The van der Waals surface area contributed by atoms with Crippen LogP contribution < -0.4 is 15.4 Å². The molecule has 0 aliphatic heterocycles. The van der Waals surface area contributed by atoms with E-state index in [1.54, 1.807) is 25.5 Å². The van der Waals surface area contributed by atoms with Crippen LogP contribution in [0.5, 0.6) is 5.75 Å². The number of methoxy groups -OCH3 is 1. The summed E-state index contributed by atoms with van der Waals surface area (Å²) in [4.78, 5) is 12.6. The number of benzene rings is 1. The van der Waals surface area contributed by atoms with E-state index in [0.717, 1.165) is 48.6 Å². The number of aromatic nitrogens is 1. The predicted octanol–water partition coefficient (Wildman–Crippen LogP) is 3.52. The van der Waals surface area contributed by atoms with E-state index in [4.69, 9.17) is 4.74 Å². The van der Waals surface area contributed by atoms with Gasteiger partial charge in [-0.15, -0.1) is 11.3 Å². The summed E-state index contributed by atoms with van der Waals surface area (Å²) in [6.07, 6.45) is 0. The molecule has 6 nitrogen and oxygen atoms in total. The largest absolute Gasteiger partial charge is 0.497 e. The second-order valence-corrected chi connectivity index (χ2v) is 7.85. The van der Waals surface area contributed by atoms with Gasteiger partial charge in [0.15, 0.2) is 5.96 Å². The van der Waals surface area contributed by atoms with Gasteiger partial charge in [0.1, 0.15) is 5.75 Å². The number of aliphatic imine (C=N–C) groups is 1. The molecule has 7 heteroatoms. The standard InChI is InChI=1S/C21H33N5OS/c1-7-26(8-2)19(17-10-9-11-18(12-17)27-6)13-23-21(22-5)24-14-20-15(3)25-16(4)28-20/h9-12,19H,7-8,13-14H2,1-6H3,(H2,22,23,24). The maximum atomic E-state index is 5.42. The van der Waals surface area contributed by atoms with Crippen molar-refractivity contribution in [2.24, 2.45) is 4.99 Å². The van der Waals surface area contributed by atoms with Crippen molar-refractivity contribution in [3.63, 3.8) is 0 Å². The topological polar surface area (TPSA) is 61.8 Å². The molecule has 0 saturated heterocycles. The summed E-state index contributed by atoms with van der Waals surface area (Å²) in [6.45, 7) is 11.9. The van der Waals surface area contributed by atoms with Crippen molar-refractivity contribution in [2.45, 2.75) is 40.3 Å². The molecule has 154 valence electrons. The first-order chi connectivity index (χ1) is 13.5. The van der Waals surface area contributed by atoms with E-state index in [1.165, 1.54) is 10.4 Å². The molecule has 0 fully saturated rings. The van der Waals surface area contributed by atoms with Crippen LogP contribution in [0.4, 0.5) is 0 Å². The average molecular weight is 404 g/mol. The molecular weight excluding hydrogens is 370 g/mol. The number of nitrogens with zero attached hydrogens (tertiary/aromatic N) is 3. The van der Waals surface area contributed by atoms with Gasteiger partial charge in [-0.25, -0.2) is 4.98 Å². The summed E-state index contributed by atoms with van der Waals surface area (Å²) in [5, 5.41) is 8.00. The van der Waals surface area contributed by atoms with Crippen LogP contribution in [0, 0.1) is 13.8 Å². The average Bonchev–Trinajstić information content (AvgIpc) is 3.04. The molecule has 2 aromatic rings. The van der Waals surface area contributed by atoms with E-state index in [-0.39, 0.29) is 6.04 Å². The van der Waals surface area contributed by atoms with Crippen LogP contribution in [0.1, 0.15) is 41.0 Å². The Balaban J connectivity index is 2.06. The molecule has 1 aromatic carbocycles. The highest BCUT2D eigenvalue weighted by atomic mass is 32.1. The van der Waals surface area contributed by atoms with Crippen LogP contribution in [-0.2, 0) is 6.54 Å². The zero-order valence-corrected chi connectivity index (χ0v) is 18.7. The summed E-state index contributed by atoms with van der Waals surface area (Å²) in [6, 6.07) is 8.54. The minimum absolute atomic E-state index is 0.232. The third-order valence-electron chi connectivity index (χ3n) is 4.83. The van der Waals surface area contributed by atoms with Gasteiger partial charge in [0, 0.05) is 18.5 Å². The van der Waals surface area contributed by atoms with Crippen molar-refractivity contribution in [2.75, 3.05) is 33.8 Å². The van der Waals surface area contributed by atoms with Crippen LogP contribution in [0.2, 0.25) is 0 Å². The van der Waals surface area contributed by atoms with E-state index in [9.17, 15) is 0 Å². The fourth-order valence-electron chi connectivity index (χ4n) is 3.29. The zero-order valence-electron chi connectivity index (χ0n) is 17.9. The van der Waals surface area contributed by atoms with E-state index in [0.29, 0.717) is 0 Å². The van der Waals surface area contributed by atoms with E-state index < -0.39 is 0 Å². The number of hydrogen-bond donors (Lipinski definition) is 2. The molecule has 0 radical (unpaired) electrons. The minimum Gasteiger partial charge on any atom is -0.497 e. The number of aryl methyl sites for hydroxylation is 2. The molecule has 1 atom stereocenters. The zero-order chi connectivity index (χ0) is 20.5. The second kappa shape index (κ2) is 11.0. The first kappa shape index (κ1) is 22.2. The number of thiazole rings is 1. The van der Waals surface area contributed by atoms with Crippen molar-refractivity contribution in [3.05, 3.63) is 45.4 Å². The third kappa shape index (κ3) is 5.94. The lowest BCUT2D eigenvalue weighted by atomic mass is 10.0. The number of guanidine groups is 1. The Morgan fingerprint density at radius 1 is 1.25 bits per heavy atom. The van der Waals surface area contributed by atoms with Gasteiger partial charge in [0.25, 0.3) is 0 Å². The van der Waals surface area contributed by atoms with Crippen molar-refractivity contribution in [1.29, 1.82) is 0 Å². The quantitative estimate of drug-likeness (QED) is 0.495. The Hall–Kier alpha value is -2.12. The summed E-state index contributed by atoms with van der Waals surface area (Å²) in [5.74, 6) is 1.68. The Morgan fingerprint density at radius 2 is 2.00 bits per heavy atom. The van der Waals surface area contributed by atoms with E-state index >= 15 is 0 Å². The molecule has 0 bridgehead atoms. The first-order valence-electron chi connectivity index (χ1n) is 9.77. The molecular formula is C21H33N5OS. The van der Waals surface area contributed by atoms with Crippen molar-refractivity contribution in [1.82, 2.24) is 20.5 Å². The van der Waals surface area contributed by atoms with Gasteiger partial charge < -0.3 is 15.4 Å². The molecule has 28 heavy (non-hydrogen) atoms. The van der Waals surface area contributed by atoms with Gasteiger partial charge in [-0.2, -0.15) is 0 Å². The van der Waals surface area contributed by atoms with Crippen molar-refractivity contribution >= 4 is 17.3 Å². The molecule has 2 rings (SSSR count). The SMILES string of the molecule is CCN(CC)C(CNC(=NC)NCc1sc(C)nc1C)c1cccc(OC)c1. The maximum absolute atomic E-state index is 5.42. The maximum Gasteiger partial charge on any atom is 0.191 e. The lowest BCUT2D eigenvalue weighted by molar-refractivity contribution is 0.218. The van der Waals surface area contributed by atoms with Gasteiger partial charge >= 0.3 is 0 Å². The van der Waals surface area contributed by atoms with Crippen LogP contribution in [0.15, 0.2) is 29.3 Å².